The smallest absolute Gasteiger partial charge is 0.239 e. The lowest BCUT2D eigenvalue weighted by atomic mass is 9.88. The summed E-state index contributed by atoms with van der Waals surface area (Å²) >= 11 is 0. The second-order valence-electron chi connectivity index (χ2n) is 5.75. The number of nitrogens with zero attached hydrogens (tertiary/aromatic N) is 1. The van der Waals surface area contributed by atoms with E-state index in [9.17, 15) is 4.79 Å². The molecule has 4 heteroatoms. The van der Waals surface area contributed by atoms with Gasteiger partial charge in [-0.05, 0) is 54.7 Å². The summed E-state index contributed by atoms with van der Waals surface area (Å²) in [7, 11) is 0. The van der Waals surface area contributed by atoms with Gasteiger partial charge in [0.25, 0.3) is 0 Å². The third-order valence-electron chi connectivity index (χ3n) is 4.17. The van der Waals surface area contributed by atoms with Gasteiger partial charge in [-0.2, -0.15) is 5.26 Å². The van der Waals surface area contributed by atoms with Gasteiger partial charge in [-0.3, -0.25) is 4.79 Å². The van der Waals surface area contributed by atoms with Crippen molar-refractivity contribution in [2.24, 2.45) is 0 Å². The molecule has 4 nitrogen and oxygen atoms in total. The zero-order valence-electron chi connectivity index (χ0n) is 12.9. The summed E-state index contributed by atoms with van der Waals surface area (Å²) in [6, 6.07) is 17.6. The number of rotatable bonds is 4. The second-order valence-corrected chi connectivity index (χ2v) is 5.75. The summed E-state index contributed by atoms with van der Waals surface area (Å²) in [6.45, 7) is 0.227. The molecule has 0 spiro atoms. The summed E-state index contributed by atoms with van der Waals surface area (Å²) in [5, 5.41) is 15.0. The molecule has 1 atom stereocenters. The van der Waals surface area contributed by atoms with Crippen LogP contribution in [0.25, 0.3) is 0 Å². The summed E-state index contributed by atoms with van der Waals surface area (Å²) in [5.41, 5.74) is 4.02. The van der Waals surface area contributed by atoms with E-state index in [1.165, 1.54) is 11.1 Å². The molecule has 116 valence electrons. The van der Waals surface area contributed by atoms with E-state index in [0.717, 1.165) is 24.9 Å². The van der Waals surface area contributed by atoms with Crippen LogP contribution in [0.15, 0.2) is 48.5 Å². The van der Waals surface area contributed by atoms with Crippen molar-refractivity contribution in [2.75, 3.05) is 11.9 Å². The number of hydrogen-bond acceptors (Lipinski definition) is 3. The molecule has 0 saturated carbocycles. The van der Waals surface area contributed by atoms with E-state index in [1.807, 2.05) is 18.2 Å². The number of benzene rings is 2. The monoisotopic (exact) mass is 305 g/mol. The lowest BCUT2D eigenvalue weighted by Crippen LogP contribution is -2.35. The maximum Gasteiger partial charge on any atom is 0.239 e. The summed E-state index contributed by atoms with van der Waals surface area (Å²) in [6.07, 6.45) is 3.18. The fraction of sp³-hybridized carbons (Fsp3) is 0.263. The average Bonchev–Trinajstić information content (AvgIpc) is 2.61. The third-order valence-corrected chi connectivity index (χ3v) is 4.17. The number of aryl methyl sites for hydroxylation is 1. The van der Waals surface area contributed by atoms with Crippen LogP contribution in [0.1, 0.15) is 35.6 Å². The molecule has 0 fully saturated rings. The SMILES string of the molecule is N#Cc1ccc(NCC(=O)N[C@H]2CCCc3ccccc32)cc1. The molecular weight excluding hydrogens is 286 g/mol. The Bertz CT molecular complexity index is 731. The van der Waals surface area contributed by atoms with Gasteiger partial charge >= 0.3 is 0 Å². The predicted octanol–water partition coefficient (Wildman–Crippen LogP) is 3.16. The number of carbonyl (C=O) groups excluding carboxylic acids is 1. The highest BCUT2D eigenvalue weighted by Gasteiger charge is 2.20. The molecule has 2 aromatic rings. The van der Waals surface area contributed by atoms with E-state index in [1.54, 1.807) is 12.1 Å². The zero-order valence-corrected chi connectivity index (χ0v) is 12.9. The predicted molar refractivity (Wildman–Crippen MR) is 89.9 cm³/mol. The van der Waals surface area contributed by atoms with Crippen LogP contribution in [0.2, 0.25) is 0 Å². The Hall–Kier alpha value is -2.80. The molecule has 2 aromatic carbocycles. The van der Waals surface area contributed by atoms with Crippen LogP contribution >= 0.6 is 0 Å². The highest BCUT2D eigenvalue weighted by molar-refractivity contribution is 5.81. The van der Waals surface area contributed by atoms with E-state index in [4.69, 9.17) is 5.26 Å². The highest BCUT2D eigenvalue weighted by atomic mass is 16.1. The van der Waals surface area contributed by atoms with Crippen molar-refractivity contribution in [3.63, 3.8) is 0 Å². The molecule has 23 heavy (non-hydrogen) atoms. The number of nitriles is 1. The first-order valence-corrected chi connectivity index (χ1v) is 7.87. The van der Waals surface area contributed by atoms with Crippen molar-refractivity contribution in [1.82, 2.24) is 5.32 Å². The van der Waals surface area contributed by atoms with Gasteiger partial charge in [0.05, 0.1) is 24.2 Å². The number of amides is 1. The molecule has 0 bridgehead atoms. The number of carbonyl (C=O) groups is 1. The number of anilines is 1. The molecule has 3 rings (SSSR count). The highest BCUT2D eigenvalue weighted by Crippen LogP contribution is 2.29. The van der Waals surface area contributed by atoms with Crippen LogP contribution in [0, 0.1) is 11.3 Å². The first kappa shape index (κ1) is 15.1. The number of fused-ring (bicyclic) bond motifs is 1. The van der Waals surface area contributed by atoms with Gasteiger partial charge in [0.2, 0.25) is 5.91 Å². The first-order valence-electron chi connectivity index (χ1n) is 7.87. The van der Waals surface area contributed by atoms with Crippen molar-refractivity contribution in [3.05, 3.63) is 65.2 Å². The Balaban J connectivity index is 1.57. The Morgan fingerprint density at radius 1 is 1.17 bits per heavy atom. The maximum atomic E-state index is 12.2. The minimum atomic E-state index is -0.0175. The number of nitrogens with one attached hydrogen (secondary N) is 2. The van der Waals surface area contributed by atoms with Gasteiger partial charge in [-0.1, -0.05) is 24.3 Å². The molecule has 1 aliphatic rings. The van der Waals surface area contributed by atoms with Gasteiger partial charge in [-0.25, -0.2) is 0 Å². The molecule has 0 aliphatic heterocycles. The lowest BCUT2D eigenvalue weighted by molar-refractivity contribution is -0.120. The van der Waals surface area contributed by atoms with Gasteiger partial charge < -0.3 is 10.6 Å². The van der Waals surface area contributed by atoms with Crippen molar-refractivity contribution in [1.29, 1.82) is 5.26 Å². The Morgan fingerprint density at radius 2 is 1.96 bits per heavy atom. The Morgan fingerprint density at radius 3 is 2.74 bits per heavy atom. The van der Waals surface area contributed by atoms with Gasteiger partial charge in [-0.15, -0.1) is 0 Å². The van der Waals surface area contributed by atoms with Crippen molar-refractivity contribution in [2.45, 2.75) is 25.3 Å². The maximum absolute atomic E-state index is 12.2. The van der Waals surface area contributed by atoms with E-state index in [0.29, 0.717) is 5.56 Å². The largest absolute Gasteiger partial charge is 0.376 e. The van der Waals surface area contributed by atoms with Gasteiger partial charge in [0.15, 0.2) is 0 Å². The van der Waals surface area contributed by atoms with Crippen molar-refractivity contribution >= 4 is 11.6 Å². The third kappa shape index (κ3) is 3.70. The Kier molecular flexibility index (Phi) is 4.58. The molecular formula is C19H19N3O. The topological polar surface area (TPSA) is 64.9 Å². The Labute approximate surface area is 136 Å². The second kappa shape index (κ2) is 6.97. The minimum Gasteiger partial charge on any atom is -0.376 e. The van der Waals surface area contributed by atoms with Crippen molar-refractivity contribution in [3.8, 4) is 6.07 Å². The van der Waals surface area contributed by atoms with Crippen LogP contribution in [-0.2, 0) is 11.2 Å². The fourth-order valence-corrected chi connectivity index (χ4v) is 2.99. The quantitative estimate of drug-likeness (QED) is 0.912. The molecule has 0 unspecified atom stereocenters. The van der Waals surface area contributed by atoms with Crippen LogP contribution < -0.4 is 10.6 Å². The van der Waals surface area contributed by atoms with E-state index >= 15 is 0 Å². The van der Waals surface area contributed by atoms with Crippen LogP contribution in [0.5, 0.6) is 0 Å². The molecule has 0 heterocycles. The summed E-state index contributed by atoms with van der Waals surface area (Å²) in [5.74, 6) is -0.0175. The molecule has 0 saturated heterocycles. The fourth-order valence-electron chi connectivity index (χ4n) is 2.99. The average molecular weight is 305 g/mol. The molecule has 0 aromatic heterocycles. The first-order chi connectivity index (χ1) is 11.3. The molecule has 1 aliphatic carbocycles. The zero-order chi connectivity index (χ0) is 16.1. The van der Waals surface area contributed by atoms with E-state index in [-0.39, 0.29) is 18.5 Å². The minimum absolute atomic E-state index is 0.0175. The molecule has 2 N–H and O–H groups in total. The number of hydrogen-bond donors (Lipinski definition) is 2. The molecule has 0 radical (unpaired) electrons. The van der Waals surface area contributed by atoms with Crippen LogP contribution in [0.4, 0.5) is 5.69 Å². The van der Waals surface area contributed by atoms with Crippen LogP contribution in [-0.4, -0.2) is 12.5 Å². The van der Waals surface area contributed by atoms with Gasteiger partial charge in [0, 0.05) is 5.69 Å². The van der Waals surface area contributed by atoms with Gasteiger partial charge in [0.1, 0.15) is 0 Å². The normalized spacial score (nSPS) is 16.0. The summed E-state index contributed by atoms with van der Waals surface area (Å²) in [4.78, 5) is 12.2. The molecule has 1 amide bonds. The lowest BCUT2D eigenvalue weighted by Gasteiger charge is -2.26. The van der Waals surface area contributed by atoms with Crippen molar-refractivity contribution < 1.29 is 4.79 Å². The van der Waals surface area contributed by atoms with E-state index < -0.39 is 0 Å². The van der Waals surface area contributed by atoms with Crippen LogP contribution in [0.3, 0.4) is 0 Å². The standard InChI is InChI=1S/C19H19N3O/c20-12-14-8-10-16(11-9-14)21-13-19(23)22-18-7-3-5-15-4-1-2-6-17(15)18/h1-2,4,6,8-11,18,21H,3,5,7,13H2,(H,22,23)/t18-/m0/s1. The summed E-state index contributed by atoms with van der Waals surface area (Å²) < 4.78 is 0. The van der Waals surface area contributed by atoms with E-state index in [2.05, 4.69) is 34.9 Å².